The Hall–Kier alpha value is -1.94. The third-order valence-electron chi connectivity index (χ3n) is 4.35. The first kappa shape index (κ1) is 26.3. The van der Waals surface area contributed by atoms with E-state index in [0.29, 0.717) is 16.9 Å². The van der Waals surface area contributed by atoms with Crippen LogP contribution in [-0.2, 0) is 33.9 Å². The summed E-state index contributed by atoms with van der Waals surface area (Å²) in [6, 6.07) is 8.59. The fraction of sp³-hybridized carbons (Fsp3) is 0.409. The summed E-state index contributed by atoms with van der Waals surface area (Å²) in [6.45, 7) is 4.64. The van der Waals surface area contributed by atoms with Crippen molar-refractivity contribution in [2.45, 2.75) is 50.8 Å². The summed E-state index contributed by atoms with van der Waals surface area (Å²) in [4.78, 5) is 11.6. The number of methoxy groups -OCH3 is 1. The van der Waals surface area contributed by atoms with E-state index in [4.69, 9.17) is 16.3 Å². The molecule has 32 heavy (non-hydrogen) atoms. The molecule has 0 fully saturated rings. The van der Waals surface area contributed by atoms with E-state index < -0.39 is 34.3 Å². The molecule has 0 amide bonds. The number of esters is 1. The topological polar surface area (TPSA) is 70.6 Å². The van der Waals surface area contributed by atoms with E-state index in [0.717, 1.165) is 0 Å². The second-order valence-corrected chi connectivity index (χ2v) is 10.5. The molecule has 2 unspecified atom stereocenters. The molecule has 2 atom stereocenters. The maximum atomic E-state index is 13.8. The Morgan fingerprint density at radius 3 is 2.44 bits per heavy atom. The molecule has 5 nitrogen and oxygen atoms in total. The van der Waals surface area contributed by atoms with E-state index >= 15 is 0 Å². The van der Waals surface area contributed by atoms with E-state index in [-0.39, 0.29) is 23.6 Å². The van der Waals surface area contributed by atoms with Crippen molar-refractivity contribution in [3.63, 3.8) is 0 Å². The number of carbonyl (C=O) groups excluding carboxylic acids is 1. The number of hydrogen-bond acceptors (Lipinski definition) is 5. The first-order valence-corrected chi connectivity index (χ1v) is 11.2. The molecule has 0 aliphatic heterocycles. The average Bonchev–Trinajstić information content (AvgIpc) is 2.69. The summed E-state index contributed by atoms with van der Waals surface area (Å²) in [5.74, 6) is -0.0456. The third-order valence-corrected chi connectivity index (χ3v) is 6.13. The number of alkyl halides is 3. The van der Waals surface area contributed by atoms with Crippen molar-refractivity contribution in [1.82, 2.24) is 4.72 Å². The Bertz CT molecular complexity index is 934. The van der Waals surface area contributed by atoms with Crippen LogP contribution in [-0.4, -0.2) is 28.6 Å². The molecule has 2 rings (SSSR count). The third kappa shape index (κ3) is 7.58. The average molecular weight is 492 g/mol. The van der Waals surface area contributed by atoms with Gasteiger partial charge in [0.05, 0.1) is 13.5 Å². The Labute approximate surface area is 193 Å². The lowest BCUT2D eigenvalue weighted by Gasteiger charge is -2.29. The van der Waals surface area contributed by atoms with E-state index in [1.807, 2.05) is 0 Å². The van der Waals surface area contributed by atoms with Crippen molar-refractivity contribution in [1.29, 1.82) is 0 Å². The van der Waals surface area contributed by atoms with Gasteiger partial charge in [0.15, 0.2) is 6.04 Å². The van der Waals surface area contributed by atoms with Crippen molar-refractivity contribution in [2.75, 3.05) is 7.11 Å². The van der Waals surface area contributed by atoms with E-state index in [2.05, 4.69) is 9.46 Å². The first-order chi connectivity index (χ1) is 14.8. The minimum atomic E-state index is -4.70. The van der Waals surface area contributed by atoms with Crippen LogP contribution in [0.25, 0.3) is 0 Å². The van der Waals surface area contributed by atoms with Crippen molar-refractivity contribution in [3.8, 4) is 5.75 Å². The van der Waals surface area contributed by atoms with Crippen LogP contribution in [0.15, 0.2) is 42.5 Å². The Morgan fingerprint density at radius 2 is 1.84 bits per heavy atom. The van der Waals surface area contributed by atoms with Crippen LogP contribution in [0, 0.1) is 0 Å². The second kappa shape index (κ2) is 10.8. The molecule has 10 heteroatoms. The summed E-state index contributed by atoms with van der Waals surface area (Å²) in [5, 5.41) is 0.0848. The summed E-state index contributed by atoms with van der Waals surface area (Å²) < 4.78 is 65.3. The molecule has 0 saturated carbocycles. The monoisotopic (exact) mass is 491 g/mol. The summed E-state index contributed by atoms with van der Waals surface area (Å²) in [6.07, 6.45) is -4.71. The van der Waals surface area contributed by atoms with Crippen LogP contribution in [0.3, 0.4) is 0 Å². The Balaban J connectivity index is 2.28. The van der Waals surface area contributed by atoms with E-state index in [9.17, 15) is 22.5 Å². The molecule has 0 heterocycles. The zero-order valence-electron chi connectivity index (χ0n) is 18.1. The molecule has 0 radical (unpaired) electrons. The van der Waals surface area contributed by atoms with Gasteiger partial charge in [0.1, 0.15) is 17.1 Å². The van der Waals surface area contributed by atoms with Gasteiger partial charge in [-0.3, -0.25) is 4.79 Å². The summed E-state index contributed by atoms with van der Waals surface area (Å²) in [7, 11) is 1.27. The lowest BCUT2D eigenvalue weighted by atomic mass is 10.0. The molecule has 0 aliphatic carbocycles. The highest BCUT2D eigenvalue weighted by molar-refractivity contribution is 7.90. The molecule has 0 aliphatic rings. The molecular weight excluding hydrogens is 467 g/mol. The number of rotatable bonds is 8. The SMILES string of the molecule is COC(=O)Cc1ccccc1OCc1cc(Cl)cc(C(N[S+]([O-])C(C)(C)C)C(F)(F)F)c1. The number of halogens is 4. The van der Waals surface area contributed by atoms with E-state index in [1.165, 1.54) is 25.3 Å². The summed E-state index contributed by atoms with van der Waals surface area (Å²) >= 11 is 4.12. The highest BCUT2D eigenvalue weighted by Gasteiger charge is 2.45. The van der Waals surface area contributed by atoms with Crippen LogP contribution >= 0.6 is 11.6 Å². The minimum absolute atomic E-state index is 0.00778. The lowest BCUT2D eigenvalue weighted by molar-refractivity contribution is -0.153. The van der Waals surface area contributed by atoms with Crippen LogP contribution in [0.4, 0.5) is 13.2 Å². The van der Waals surface area contributed by atoms with E-state index in [1.54, 1.807) is 45.0 Å². The van der Waals surface area contributed by atoms with Crippen LogP contribution in [0.2, 0.25) is 5.02 Å². The molecule has 2 aromatic rings. The van der Waals surface area contributed by atoms with Gasteiger partial charge < -0.3 is 14.0 Å². The van der Waals surface area contributed by atoms with Gasteiger partial charge in [-0.2, -0.15) is 13.2 Å². The van der Waals surface area contributed by atoms with Gasteiger partial charge in [-0.1, -0.05) is 35.9 Å². The highest BCUT2D eigenvalue weighted by atomic mass is 35.5. The predicted octanol–water partition coefficient (Wildman–Crippen LogP) is 5.29. The van der Waals surface area contributed by atoms with Gasteiger partial charge >= 0.3 is 12.1 Å². The molecule has 0 bridgehead atoms. The number of ether oxygens (including phenoxy) is 2. The zero-order chi connectivity index (χ0) is 24.1. The fourth-order valence-corrected chi connectivity index (χ4v) is 3.82. The van der Waals surface area contributed by atoms with Crippen molar-refractivity contribution >= 4 is 28.9 Å². The fourth-order valence-electron chi connectivity index (χ4n) is 2.71. The standard InChI is InChI=1S/C22H25ClF3NO4S/c1-21(2,3)32(29)27-20(22(24,25)26)16-9-14(10-17(23)11-16)13-31-18-8-6-5-7-15(18)12-19(28)30-4/h5-11,20,27H,12-13H2,1-4H3. The van der Waals surface area contributed by atoms with Crippen LogP contribution in [0.1, 0.15) is 43.5 Å². The van der Waals surface area contributed by atoms with Crippen molar-refractivity contribution in [2.24, 2.45) is 0 Å². The smallest absolute Gasteiger partial charge is 0.412 e. The second-order valence-electron chi connectivity index (χ2n) is 8.02. The Kier molecular flexibility index (Phi) is 8.87. The van der Waals surface area contributed by atoms with Crippen LogP contribution in [0.5, 0.6) is 5.75 Å². The number of benzene rings is 2. The lowest BCUT2D eigenvalue weighted by Crippen LogP contribution is -2.45. The van der Waals surface area contributed by atoms with Gasteiger partial charge in [0.25, 0.3) is 0 Å². The van der Waals surface area contributed by atoms with Gasteiger partial charge in [-0.05, 0) is 50.1 Å². The molecule has 0 aromatic heterocycles. The van der Waals surface area contributed by atoms with Gasteiger partial charge in [-0.25, -0.2) is 0 Å². The maximum absolute atomic E-state index is 13.8. The molecule has 176 valence electrons. The normalized spacial score (nSPS) is 14.0. The first-order valence-electron chi connectivity index (χ1n) is 9.63. The summed E-state index contributed by atoms with van der Waals surface area (Å²) in [5.41, 5.74) is 0.791. The number of para-hydroxylation sites is 1. The minimum Gasteiger partial charge on any atom is -0.598 e. The molecule has 2 aromatic carbocycles. The number of hydrogen-bond donors (Lipinski definition) is 1. The number of carbonyl (C=O) groups is 1. The molecule has 0 spiro atoms. The number of nitrogens with one attached hydrogen (secondary N) is 1. The highest BCUT2D eigenvalue weighted by Crippen LogP contribution is 2.36. The predicted molar refractivity (Wildman–Crippen MR) is 118 cm³/mol. The molecular formula is C22H25ClF3NO4S. The zero-order valence-corrected chi connectivity index (χ0v) is 19.7. The molecule has 0 saturated heterocycles. The van der Waals surface area contributed by atoms with Gasteiger partial charge in [-0.15, -0.1) is 4.72 Å². The van der Waals surface area contributed by atoms with Gasteiger partial charge in [0.2, 0.25) is 0 Å². The maximum Gasteiger partial charge on any atom is 0.412 e. The van der Waals surface area contributed by atoms with Crippen molar-refractivity contribution in [3.05, 3.63) is 64.2 Å². The van der Waals surface area contributed by atoms with Gasteiger partial charge in [0, 0.05) is 21.9 Å². The van der Waals surface area contributed by atoms with Crippen LogP contribution < -0.4 is 9.46 Å². The largest absolute Gasteiger partial charge is 0.598 e. The molecule has 1 N–H and O–H groups in total. The Morgan fingerprint density at radius 1 is 1.19 bits per heavy atom. The quantitative estimate of drug-likeness (QED) is 0.401. The van der Waals surface area contributed by atoms with Crippen molar-refractivity contribution < 1.29 is 32.0 Å².